The maximum atomic E-state index is 6.05. The summed E-state index contributed by atoms with van der Waals surface area (Å²) in [6.45, 7) is 2.01. The van der Waals surface area contributed by atoms with Crippen molar-refractivity contribution in [2.75, 3.05) is 0 Å². The first-order chi connectivity index (χ1) is 7.58. The number of thiophene rings is 1. The fourth-order valence-electron chi connectivity index (χ4n) is 1.58. The van der Waals surface area contributed by atoms with Crippen LogP contribution in [0.5, 0.6) is 0 Å². The van der Waals surface area contributed by atoms with E-state index in [1.165, 1.54) is 4.88 Å². The molecule has 0 aliphatic heterocycles. The molecule has 0 saturated carbocycles. The Morgan fingerprint density at radius 2 is 2.38 bits per heavy atom. The third-order valence-corrected chi connectivity index (χ3v) is 4.55. The molecule has 0 saturated heterocycles. The smallest absolute Gasteiger partial charge is 0.101 e. The first-order valence-corrected chi connectivity index (χ1v) is 7.52. The van der Waals surface area contributed by atoms with Crippen LogP contribution in [0.2, 0.25) is 0 Å². The summed E-state index contributed by atoms with van der Waals surface area (Å²) in [5.41, 5.74) is 6.05. The van der Waals surface area contributed by atoms with Crippen molar-refractivity contribution < 1.29 is 0 Å². The van der Waals surface area contributed by atoms with Crippen molar-refractivity contribution >= 4 is 49.9 Å². The van der Waals surface area contributed by atoms with Crippen molar-refractivity contribution in [3.63, 3.8) is 0 Å². The van der Waals surface area contributed by atoms with Crippen molar-refractivity contribution in [2.45, 2.75) is 19.0 Å². The van der Waals surface area contributed by atoms with Crippen LogP contribution < -0.4 is 5.73 Å². The first kappa shape index (κ1) is 12.5. The van der Waals surface area contributed by atoms with Crippen molar-refractivity contribution in [1.29, 1.82) is 0 Å². The standard InChI is InChI=1S/C10H11BrIN3S/c1-6(13)10(9-2-7(11)5-16-9)15-4-8(12)3-14-15/h2-6,10H,13H2,1H3. The molecule has 0 fully saturated rings. The zero-order valence-electron chi connectivity index (χ0n) is 8.60. The van der Waals surface area contributed by atoms with Crippen molar-refractivity contribution in [3.05, 3.63) is 36.8 Å². The second-order valence-corrected chi connectivity index (χ2v) is 6.71. The largest absolute Gasteiger partial charge is 0.326 e. The molecule has 0 aliphatic carbocycles. The summed E-state index contributed by atoms with van der Waals surface area (Å²) in [4.78, 5) is 1.22. The number of aromatic nitrogens is 2. The Labute approximate surface area is 120 Å². The molecule has 3 nitrogen and oxygen atoms in total. The van der Waals surface area contributed by atoms with E-state index in [1.54, 1.807) is 11.3 Å². The summed E-state index contributed by atoms with van der Waals surface area (Å²) in [7, 11) is 0. The summed E-state index contributed by atoms with van der Waals surface area (Å²) >= 11 is 7.42. The highest BCUT2D eigenvalue weighted by Gasteiger charge is 2.20. The SMILES string of the molecule is CC(N)C(c1cc(Br)cs1)n1cc(I)cn1. The molecular weight excluding hydrogens is 401 g/mol. The Balaban J connectivity index is 2.38. The zero-order chi connectivity index (χ0) is 11.7. The monoisotopic (exact) mass is 411 g/mol. The van der Waals surface area contributed by atoms with Gasteiger partial charge in [-0.1, -0.05) is 0 Å². The fourth-order valence-corrected chi connectivity index (χ4v) is 3.64. The van der Waals surface area contributed by atoms with Gasteiger partial charge in [-0.15, -0.1) is 11.3 Å². The number of rotatable bonds is 3. The minimum atomic E-state index is 0.0289. The predicted octanol–water partition coefficient (Wildman–Crippen LogP) is 3.25. The molecular formula is C10H11BrIN3S. The summed E-state index contributed by atoms with van der Waals surface area (Å²) in [5, 5.41) is 6.41. The number of nitrogens with zero attached hydrogens (tertiary/aromatic N) is 2. The first-order valence-electron chi connectivity index (χ1n) is 4.77. The maximum absolute atomic E-state index is 6.05. The van der Waals surface area contributed by atoms with E-state index < -0.39 is 0 Å². The molecule has 16 heavy (non-hydrogen) atoms. The Kier molecular flexibility index (Phi) is 4.04. The minimum Gasteiger partial charge on any atom is -0.326 e. The molecule has 2 heterocycles. The van der Waals surface area contributed by atoms with Gasteiger partial charge in [0.05, 0.1) is 9.77 Å². The molecule has 0 bridgehead atoms. The second kappa shape index (κ2) is 5.16. The molecule has 0 aliphatic rings. The lowest BCUT2D eigenvalue weighted by Crippen LogP contribution is -2.30. The fraction of sp³-hybridized carbons (Fsp3) is 0.300. The van der Waals surface area contributed by atoms with Crippen molar-refractivity contribution in [1.82, 2.24) is 9.78 Å². The van der Waals surface area contributed by atoms with Gasteiger partial charge in [0.15, 0.2) is 0 Å². The van der Waals surface area contributed by atoms with Crippen LogP contribution in [0.25, 0.3) is 0 Å². The van der Waals surface area contributed by atoms with Gasteiger partial charge < -0.3 is 5.73 Å². The number of nitrogens with two attached hydrogens (primary N) is 1. The van der Waals surface area contributed by atoms with Crippen LogP contribution >= 0.6 is 49.9 Å². The van der Waals surface area contributed by atoms with E-state index in [9.17, 15) is 0 Å². The van der Waals surface area contributed by atoms with E-state index >= 15 is 0 Å². The zero-order valence-corrected chi connectivity index (χ0v) is 13.2. The van der Waals surface area contributed by atoms with Gasteiger partial charge >= 0.3 is 0 Å². The summed E-state index contributed by atoms with van der Waals surface area (Å²) in [6.07, 6.45) is 3.86. The predicted molar refractivity (Wildman–Crippen MR) is 78.8 cm³/mol. The van der Waals surface area contributed by atoms with Crippen molar-refractivity contribution in [2.24, 2.45) is 5.73 Å². The van der Waals surface area contributed by atoms with E-state index in [-0.39, 0.29) is 12.1 Å². The lowest BCUT2D eigenvalue weighted by atomic mass is 10.1. The molecule has 0 spiro atoms. The molecule has 2 rings (SSSR count). The van der Waals surface area contributed by atoms with E-state index in [2.05, 4.69) is 55.1 Å². The number of hydrogen-bond donors (Lipinski definition) is 1. The second-order valence-electron chi connectivity index (χ2n) is 3.61. The van der Waals surface area contributed by atoms with Gasteiger partial charge in [0.25, 0.3) is 0 Å². The minimum absolute atomic E-state index is 0.0289. The topological polar surface area (TPSA) is 43.8 Å². The lowest BCUT2D eigenvalue weighted by Gasteiger charge is -2.19. The highest BCUT2D eigenvalue weighted by atomic mass is 127. The third kappa shape index (κ3) is 2.66. The summed E-state index contributed by atoms with van der Waals surface area (Å²) < 4.78 is 4.16. The molecule has 2 unspecified atom stereocenters. The normalized spacial score (nSPS) is 15.0. The van der Waals surface area contributed by atoms with Gasteiger partial charge in [-0.25, -0.2) is 0 Å². The number of hydrogen-bond acceptors (Lipinski definition) is 3. The van der Waals surface area contributed by atoms with Gasteiger partial charge in [0, 0.05) is 27.0 Å². The average Bonchev–Trinajstić information content (AvgIpc) is 2.76. The van der Waals surface area contributed by atoms with Gasteiger partial charge in [-0.3, -0.25) is 4.68 Å². The van der Waals surface area contributed by atoms with Gasteiger partial charge in [-0.2, -0.15) is 5.10 Å². The van der Waals surface area contributed by atoms with E-state index in [0.29, 0.717) is 0 Å². The van der Waals surface area contributed by atoms with Gasteiger partial charge in [-0.05, 0) is 51.5 Å². The van der Waals surface area contributed by atoms with E-state index in [0.717, 1.165) is 8.04 Å². The average molecular weight is 412 g/mol. The van der Waals surface area contributed by atoms with Crippen LogP contribution in [0, 0.1) is 3.57 Å². The van der Waals surface area contributed by atoms with Crippen LogP contribution in [0.4, 0.5) is 0 Å². The summed E-state index contributed by atoms with van der Waals surface area (Å²) in [5.74, 6) is 0. The molecule has 0 radical (unpaired) electrons. The van der Waals surface area contributed by atoms with Gasteiger partial charge in [0.2, 0.25) is 0 Å². The molecule has 6 heteroatoms. The van der Waals surface area contributed by atoms with Crippen LogP contribution in [0.15, 0.2) is 28.3 Å². The third-order valence-electron chi connectivity index (χ3n) is 2.23. The highest BCUT2D eigenvalue weighted by molar-refractivity contribution is 14.1. The lowest BCUT2D eigenvalue weighted by molar-refractivity contribution is 0.460. The Hall–Kier alpha value is 0.0800. The van der Waals surface area contributed by atoms with Crippen LogP contribution in [0.1, 0.15) is 17.8 Å². The molecule has 86 valence electrons. The quantitative estimate of drug-likeness (QED) is 0.788. The molecule has 0 amide bonds. The van der Waals surface area contributed by atoms with Gasteiger partial charge in [0.1, 0.15) is 6.04 Å². The molecule has 2 aromatic heterocycles. The number of halogens is 2. The summed E-state index contributed by atoms with van der Waals surface area (Å²) in [6, 6.07) is 2.24. The van der Waals surface area contributed by atoms with Crippen LogP contribution in [0.3, 0.4) is 0 Å². The Morgan fingerprint density at radius 1 is 1.62 bits per heavy atom. The van der Waals surface area contributed by atoms with Crippen LogP contribution in [-0.2, 0) is 0 Å². The molecule has 2 aromatic rings. The Bertz CT molecular complexity index is 440. The van der Waals surface area contributed by atoms with Crippen molar-refractivity contribution in [3.8, 4) is 0 Å². The van der Waals surface area contributed by atoms with E-state index in [4.69, 9.17) is 5.73 Å². The Morgan fingerprint density at radius 3 is 2.81 bits per heavy atom. The highest BCUT2D eigenvalue weighted by Crippen LogP contribution is 2.29. The molecule has 2 atom stereocenters. The van der Waals surface area contributed by atoms with Crippen LogP contribution in [-0.4, -0.2) is 15.8 Å². The molecule has 2 N–H and O–H groups in total. The molecule has 0 aromatic carbocycles. The maximum Gasteiger partial charge on any atom is 0.101 e. The van der Waals surface area contributed by atoms with E-state index in [1.807, 2.05) is 24.0 Å².